The first-order chi connectivity index (χ1) is 12.8. The van der Waals surface area contributed by atoms with Gasteiger partial charge in [0, 0.05) is 27.7 Å². The summed E-state index contributed by atoms with van der Waals surface area (Å²) in [6.07, 6.45) is 1.40. The molecule has 0 spiro atoms. The van der Waals surface area contributed by atoms with E-state index in [1.165, 1.54) is 0 Å². The van der Waals surface area contributed by atoms with E-state index in [4.69, 9.17) is 27.6 Å². The zero-order valence-electron chi connectivity index (χ0n) is 15.5. The fourth-order valence-corrected chi connectivity index (χ4v) is 4.12. The maximum absolute atomic E-state index is 12.9. The molecule has 0 bridgehead atoms. The highest BCUT2D eigenvalue weighted by molar-refractivity contribution is 6.35. The van der Waals surface area contributed by atoms with Crippen molar-refractivity contribution in [3.8, 4) is 0 Å². The average Bonchev–Trinajstić information content (AvgIpc) is 3.19. The number of nitrogens with one attached hydrogen (secondary N) is 1. The van der Waals surface area contributed by atoms with Crippen molar-refractivity contribution in [2.75, 3.05) is 6.54 Å². The summed E-state index contributed by atoms with van der Waals surface area (Å²) in [5, 5.41) is 3.79. The topological polar surface area (TPSA) is 62.6 Å². The molecule has 1 aromatic heterocycles. The van der Waals surface area contributed by atoms with Crippen LogP contribution in [0.1, 0.15) is 53.2 Å². The largest absolute Gasteiger partial charge is 0.466 e. The minimum atomic E-state index is -0.508. The molecule has 5 nitrogen and oxygen atoms in total. The lowest BCUT2D eigenvalue weighted by Crippen LogP contribution is -2.46. The number of hydrogen-bond acceptors (Lipinski definition) is 3. The molecule has 0 saturated carbocycles. The van der Waals surface area contributed by atoms with Crippen LogP contribution in [0.3, 0.4) is 0 Å². The molecule has 1 aliphatic rings. The third-order valence-electron chi connectivity index (χ3n) is 4.83. The molecule has 1 saturated heterocycles. The van der Waals surface area contributed by atoms with E-state index in [0.29, 0.717) is 28.6 Å². The van der Waals surface area contributed by atoms with Crippen molar-refractivity contribution >= 4 is 35.0 Å². The van der Waals surface area contributed by atoms with Gasteiger partial charge in [0.1, 0.15) is 17.6 Å². The van der Waals surface area contributed by atoms with Crippen molar-refractivity contribution in [1.82, 2.24) is 10.2 Å². The number of benzene rings is 1. The monoisotopic (exact) mass is 408 g/mol. The van der Waals surface area contributed by atoms with E-state index in [-0.39, 0.29) is 17.9 Å². The van der Waals surface area contributed by atoms with E-state index in [9.17, 15) is 9.59 Å². The van der Waals surface area contributed by atoms with Crippen LogP contribution in [-0.4, -0.2) is 29.3 Å². The summed E-state index contributed by atoms with van der Waals surface area (Å²) >= 11 is 12.0. The minimum absolute atomic E-state index is 0.167. The zero-order chi connectivity index (χ0) is 19.7. The second kappa shape index (κ2) is 7.95. The van der Waals surface area contributed by atoms with Crippen LogP contribution in [0.2, 0.25) is 10.0 Å². The Hall–Kier alpha value is -1.98. The van der Waals surface area contributed by atoms with Crippen molar-refractivity contribution < 1.29 is 14.0 Å². The second-order valence-corrected chi connectivity index (χ2v) is 7.79. The molecule has 1 fully saturated rings. The summed E-state index contributed by atoms with van der Waals surface area (Å²) in [4.78, 5) is 27.3. The molecule has 1 aromatic carbocycles. The Morgan fingerprint density at radius 3 is 2.44 bits per heavy atom. The number of likely N-dealkylation sites (tertiary alicyclic amines) is 1. The number of aryl methyl sites for hydroxylation is 2. The number of hydrogen-bond donors (Lipinski definition) is 1. The van der Waals surface area contributed by atoms with Crippen LogP contribution in [0.4, 0.5) is 0 Å². The molecule has 2 unspecified atom stereocenters. The molecule has 27 heavy (non-hydrogen) atoms. The Bertz CT molecular complexity index is 858. The summed E-state index contributed by atoms with van der Waals surface area (Å²) in [5.74, 6) is 1.19. The summed E-state index contributed by atoms with van der Waals surface area (Å²) in [6.45, 7) is 6.18. The van der Waals surface area contributed by atoms with Crippen LogP contribution in [0.5, 0.6) is 0 Å². The third kappa shape index (κ3) is 4.30. The molecule has 3 rings (SSSR count). The quantitative estimate of drug-likeness (QED) is 0.797. The van der Waals surface area contributed by atoms with E-state index in [1.807, 2.05) is 26.8 Å². The summed E-state index contributed by atoms with van der Waals surface area (Å²) < 4.78 is 5.54. The van der Waals surface area contributed by atoms with Crippen LogP contribution >= 0.6 is 23.2 Å². The number of rotatable bonds is 4. The second-order valence-electron chi connectivity index (χ2n) is 6.91. The predicted octanol–water partition coefficient (Wildman–Crippen LogP) is 4.69. The van der Waals surface area contributed by atoms with Gasteiger partial charge in [-0.1, -0.05) is 23.2 Å². The van der Waals surface area contributed by atoms with Gasteiger partial charge in [-0.05, 0) is 57.9 Å². The normalized spacial score (nSPS) is 17.8. The van der Waals surface area contributed by atoms with Crippen LogP contribution in [0, 0.1) is 13.8 Å². The van der Waals surface area contributed by atoms with Gasteiger partial charge in [-0.15, -0.1) is 0 Å². The van der Waals surface area contributed by atoms with E-state index in [0.717, 1.165) is 23.5 Å². The molecule has 2 amide bonds. The van der Waals surface area contributed by atoms with Gasteiger partial charge in [0.25, 0.3) is 5.91 Å². The predicted molar refractivity (Wildman–Crippen MR) is 105 cm³/mol. The van der Waals surface area contributed by atoms with Crippen LogP contribution in [0.15, 0.2) is 28.7 Å². The van der Waals surface area contributed by atoms with Crippen molar-refractivity contribution in [3.63, 3.8) is 0 Å². The Balaban J connectivity index is 1.74. The van der Waals surface area contributed by atoms with Crippen molar-refractivity contribution in [2.45, 2.75) is 45.7 Å². The summed E-state index contributed by atoms with van der Waals surface area (Å²) in [7, 11) is 0. The van der Waals surface area contributed by atoms with Crippen molar-refractivity contribution in [1.29, 1.82) is 0 Å². The lowest BCUT2D eigenvalue weighted by atomic mass is 10.1. The molecule has 0 radical (unpaired) electrons. The fourth-order valence-electron chi connectivity index (χ4n) is 3.59. The van der Waals surface area contributed by atoms with Crippen molar-refractivity contribution in [3.05, 3.63) is 57.0 Å². The first-order valence-corrected chi connectivity index (χ1v) is 9.66. The number of nitrogens with zero attached hydrogens (tertiary/aromatic N) is 1. The molecule has 2 heterocycles. The Labute approximate surface area is 168 Å². The highest BCUT2D eigenvalue weighted by Gasteiger charge is 2.35. The SMILES string of the molecule is Cc1cc(C(C)NC(=O)C2CCCN2C(=O)c2cc(Cl)cc(Cl)c2)c(C)o1. The molecule has 2 atom stereocenters. The molecular weight excluding hydrogens is 387 g/mol. The molecule has 0 aliphatic carbocycles. The van der Waals surface area contributed by atoms with Crippen LogP contribution in [0.25, 0.3) is 0 Å². The van der Waals surface area contributed by atoms with Gasteiger partial charge in [0.05, 0.1) is 6.04 Å². The molecular formula is C20H22Cl2N2O3. The smallest absolute Gasteiger partial charge is 0.254 e. The minimum Gasteiger partial charge on any atom is -0.466 e. The molecule has 2 aromatic rings. The van der Waals surface area contributed by atoms with Gasteiger partial charge in [0.15, 0.2) is 0 Å². The van der Waals surface area contributed by atoms with Gasteiger partial charge >= 0.3 is 0 Å². The maximum atomic E-state index is 12.9. The number of amides is 2. The zero-order valence-corrected chi connectivity index (χ0v) is 17.0. The summed E-state index contributed by atoms with van der Waals surface area (Å²) in [5.41, 5.74) is 1.33. The lowest BCUT2D eigenvalue weighted by Gasteiger charge is -2.25. The van der Waals surface area contributed by atoms with Gasteiger partial charge in [0.2, 0.25) is 5.91 Å². The van der Waals surface area contributed by atoms with Crippen LogP contribution < -0.4 is 5.32 Å². The summed E-state index contributed by atoms with van der Waals surface area (Å²) in [6, 6.07) is 5.93. The van der Waals surface area contributed by atoms with E-state index >= 15 is 0 Å². The molecule has 144 valence electrons. The van der Waals surface area contributed by atoms with Gasteiger partial charge < -0.3 is 14.6 Å². The standard InChI is InChI=1S/C20H22Cl2N2O3/c1-11-7-17(13(3)27-11)12(2)23-19(25)18-5-4-6-24(18)20(26)14-8-15(21)10-16(22)9-14/h7-10,12,18H,4-6H2,1-3H3,(H,23,25). The van der Waals surface area contributed by atoms with Crippen molar-refractivity contribution in [2.24, 2.45) is 0 Å². The van der Waals surface area contributed by atoms with E-state index < -0.39 is 6.04 Å². The van der Waals surface area contributed by atoms with Gasteiger partial charge in [-0.25, -0.2) is 0 Å². The van der Waals surface area contributed by atoms with Gasteiger partial charge in [-0.2, -0.15) is 0 Å². The Morgan fingerprint density at radius 2 is 1.85 bits per heavy atom. The Morgan fingerprint density at radius 1 is 1.19 bits per heavy atom. The Kier molecular flexibility index (Phi) is 5.82. The van der Waals surface area contributed by atoms with E-state index in [2.05, 4.69) is 5.32 Å². The average molecular weight is 409 g/mol. The maximum Gasteiger partial charge on any atom is 0.254 e. The number of carbonyl (C=O) groups excluding carboxylic acids is 2. The van der Waals surface area contributed by atoms with Gasteiger partial charge in [-0.3, -0.25) is 9.59 Å². The third-order valence-corrected chi connectivity index (χ3v) is 5.27. The molecule has 1 N–H and O–H groups in total. The number of furan rings is 1. The highest BCUT2D eigenvalue weighted by Crippen LogP contribution is 2.26. The molecule has 7 heteroatoms. The van der Waals surface area contributed by atoms with Crippen LogP contribution in [-0.2, 0) is 4.79 Å². The lowest BCUT2D eigenvalue weighted by molar-refractivity contribution is -0.125. The highest BCUT2D eigenvalue weighted by atomic mass is 35.5. The molecule has 1 aliphatic heterocycles. The number of carbonyl (C=O) groups is 2. The fraction of sp³-hybridized carbons (Fsp3) is 0.400. The first-order valence-electron chi connectivity index (χ1n) is 8.90. The first kappa shape index (κ1) is 19.8. The number of halogens is 2. The van der Waals surface area contributed by atoms with E-state index in [1.54, 1.807) is 23.1 Å².